The molecule has 0 amide bonds. The molecule has 1 aliphatic heterocycles. The zero-order valence-electron chi connectivity index (χ0n) is 15.6. The van der Waals surface area contributed by atoms with Crippen LogP contribution in [-0.2, 0) is 0 Å². The summed E-state index contributed by atoms with van der Waals surface area (Å²) < 4.78 is 0. The van der Waals surface area contributed by atoms with Gasteiger partial charge in [-0.2, -0.15) is 0 Å². The molecule has 1 saturated heterocycles. The Bertz CT molecular complexity index is 492. The van der Waals surface area contributed by atoms with E-state index in [-0.39, 0.29) is 0 Å². The quantitative estimate of drug-likeness (QED) is 0.475. The van der Waals surface area contributed by atoms with Gasteiger partial charge in [-0.15, -0.1) is 0 Å². The van der Waals surface area contributed by atoms with Crippen molar-refractivity contribution in [2.45, 2.75) is 52.4 Å². The molecule has 3 heteroatoms. The van der Waals surface area contributed by atoms with Crippen molar-refractivity contribution in [3.05, 3.63) is 35.4 Å². The Kier molecular flexibility index (Phi) is 8.48. The molecule has 0 spiro atoms. The molecule has 1 heterocycles. The van der Waals surface area contributed by atoms with Crippen molar-refractivity contribution in [1.82, 2.24) is 9.80 Å². The highest BCUT2D eigenvalue weighted by Gasteiger charge is 2.16. The van der Waals surface area contributed by atoms with E-state index in [4.69, 9.17) is 0 Å². The van der Waals surface area contributed by atoms with E-state index >= 15 is 0 Å². The molecule has 2 rings (SSSR count). The van der Waals surface area contributed by atoms with Gasteiger partial charge in [0, 0.05) is 38.2 Å². The minimum absolute atomic E-state index is 0.294. The summed E-state index contributed by atoms with van der Waals surface area (Å²) >= 11 is 0. The molecular formula is C21H34N2O. The lowest BCUT2D eigenvalue weighted by molar-refractivity contribution is 0.0960. The summed E-state index contributed by atoms with van der Waals surface area (Å²) in [6.07, 6.45) is 7.05. The number of piperazine rings is 1. The first kappa shape index (κ1) is 19.1. The van der Waals surface area contributed by atoms with Gasteiger partial charge in [-0.3, -0.25) is 4.79 Å². The van der Waals surface area contributed by atoms with E-state index < -0.39 is 0 Å². The second-order valence-electron chi connectivity index (χ2n) is 7.09. The highest BCUT2D eigenvalue weighted by atomic mass is 16.1. The van der Waals surface area contributed by atoms with Gasteiger partial charge in [0.05, 0.1) is 0 Å². The number of nitrogens with zero attached hydrogens (tertiary/aromatic N) is 2. The van der Waals surface area contributed by atoms with Crippen LogP contribution in [0.2, 0.25) is 0 Å². The normalized spacial score (nSPS) is 16.4. The lowest BCUT2D eigenvalue weighted by Gasteiger charge is -2.34. The Morgan fingerprint density at radius 3 is 2.17 bits per heavy atom. The molecule has 0 aromatic heterocycles. The van der Waals surface area contributed by atoms with Crippen molar-refractivity contribution in [3.63, 3.8) is 0 Å². The van der Waals surface area contributed by atoms with Crippen LogP contribution in [0.1, 0.15) is 61.4 Å². The lowest BCUT2D eigenvalue weighted by atomic mass is 10.0. The molecule has 3 nitrogen and oxygen atoms in total. The van der Waals surface area contributed by atoms with E-state index in [0.717, 1.165) is 37.2 Å². The average molecular weight is 331 g/mol. The molecular weight excluding hydrogens is 296 g/mol. The smallest absolute Gasteiger partial charge is 0.163 e. The predicted molar refractivity (Wildman–Crippen MR) is 102 cm³/mol. The van der Waals surface area contributed by atoms with E-state index in [1.807, 2.05) is 31.2 Å². The third-order valence-electron chi connectivity index (χ3n) is 5.12. The third-order valence-corrected chi connectivity index (χ3v) is 5.12. The number of Topliss-reactive ketones (excluding diaryl/α,β-unsaturated/α-hetero) is 1. The first-order chi connectivity index (χ1) is 11.7. The molecule has 0 saturated carbocycles. The van der Waals surface area contributed by atoms with Crippen molar-refractivity contribution in [2.24, 2.45) is 0 Å². The number of hydrogen-bond acceptors (Lipinski definition) is 3. The Morgan fingerprint density at radius 2 is 1.54 bits per heavy atom. The fourth-order valence-corrected chi connectivity index (χ4v) is 3.48. The number of benzene rings is 1. The summed E-state index contributed by atoms with van der Waals surface area (Å²) in [5.41, 5.74) is 1.99. The molecule has 1 aromatic rings. The second kappa shape index (κ2) is 10.6. The molecule has 24 heavy (non-hydrogen) atoms. The van der Waals surface area contributed by atoms with Gasteiger partial charge in [-0.25, -0.2) is 0 Å². The zero-order chi connectivity index (χ0) is 17.2. The van der Waals surface area contributed by atoms with Crippen molar-refractivity contribution < 1.29 is 4.79 Å². The van der Waals surface area contributed by atoms with E-state index in [1.165, 1.54) is 45.3 Å². The zero-order valence-corrected chi connectivity index (χ0v) is 15.6. The molecule has 1 fully saturated rings. The number of ketones is 1. The number of carbonyl (C=O) groups is 1. The maximum absolute atomic E-state index is 12.3. The number of hydrogen-bond donors (Lipinski definition) is 0. The summed E-state index contributed by atoms with van der Waals surface area (Å²) in [5.74, 6) is 0.294. The average Bonchev–Trinajstić information content (AvgIpc) is 2.60. The van der Waals surface area contributed by atoms with Gasteiger partial charge in [-0.05, 0) is 38.4 Å². The largest absolute Gasteiger partial charge is 0.301 e. The fourth-order valence-electron chi connectivity index (χ4n) is 3.48. The molecule has 0 aliphatic carbocycles. The summed E-state index contributed by atoms with van der Waals surface area (Å²) in [6.45, 7) is 11.3. The van der Waals surface area contributed by atoms with Crippen LogP contribution in [0, 0.1) is 6.92 Å². The molecule has 134 valence electrons. The topological polar surface area (TPSA) is 23.6 Å². The Labute approximate surface area is 148 Å². The van der Waals surface area contributed by atoms with E-state index in [0.29, 0.717) is 12.2 Å². The number of aryl methyl sites for hydroxylation is 1. The molecule has 1 aromatic carbocycles. The fraction of sp³-hybridized carbons (Fsp3) is 0.667. The van der Waals surface area contributed by atoms with Gasteiger partial charge in [0.15, 0.2) is 5.78 Å². The summed E-state index contributed by atoms with van der Waals surface area (Å²) in [6, 6.07) is 7.93. The van der Waals surface area contributed by atoms with Crippen LogP contribution >= 0.6 is 0 Å². The highest BCUT2D eigenvalue weighted by Crippen LogP contribution is 2.12. The Hall–Kier alpha value is -1.19. The highest BCUT2D eigenvalue weighted by molar-refractivity contribution is 5.97. The Balaban J connectivity index is 1.59. The first-order valence-electron chi connectivity index (χ1n) is 9.74. The predicted octanol–water partition coefficient (Wildman–Crippen LogP) is 4.16. The molecule has 0 bridgehead atoms. The van der Waals surface area contributed by atoms with Crippen LogP contribution in [0.4, 0.5) is 0 Å². The lowest BCUT2D eigenvalue weighted by Crippen LogP contribution is -2.46. The maximum Gasteiger partial charge on any atom is 0.163 e. The molecule has 0 radical (unpaired) electrons. The molecule has 0 atom stereocenters. The standard InChI is InChI=1S/C21H34N2O/c1-3-4-5-8-13-22-15-17-23(18-16-22)14-9-12-21(24)20-11-7-6-10-19(20)2/h6-7,10-11H,3-5,8-9,12-18H2,1-2H3. The summed E-state index contributed by atoms with van der Waals surface area (Å²) in [4.78, 5) is 17.4. The minimum Gasteiger partial charge on any atom is -0.301 e. The van der Waals surface area contributed by atoms with Crippen LogP contribution in [0.15, 0.2) is 24.3 Å². The van der Waals surface area contributed by atoms with Crippen LogP contribution in [0.3, 0.4) is 0 Å². The van der Waals surface area contributed by atoms with Crippen molar-refractivity contribution >= 4 is 5.78 Å². The van der Waals surface area contributed by atoms with Crippen molar-refractivity contribution in [1.29, 1.82) is 0 Å². The van der Waals surface area contributed by atoms with Crippen LogP contribution < -0.4 is 0 Å². The number of unbranched alkanes of at least 4 members (excludes halogenated alkanes) is 3. The third kappa shape index (κ3) is 6.37. The molecule has 0 N–H and O–H groups in total. The molecule has 0 unspecified atom stereocenters. The molecule has 1 aliphatic rings. The number of rotatable bonds is 10. The van der Waals surface area contributed by atoms with Crippen LogP contribution in [-0.4, -0.2) is 54.9 Å². The SMILES string of the molecule is CCCCCCN1CCN(CCCC(=O)c2ccccc2C)CC1. The van der Waals surface area contributed by atoms with Gasteiger partial charge in [-0.1, -0.05) is 50.5 Å². The van der Waals surface area contributed by atoms with Crippen molar-refractivity contribution in [3.8, 4) is 0 Å². The van der Waals surface area contributed by atoms with Gasteiger partial charge < -0.3 is 9.80 Å². The van der Waals surface area contributed by atoms with Crippen LogP contribution in [0.25, 0.3) is 0 Å². The van der Waals surface area contributed by atoms with Gasteiger partial charge in [0.2, 0.25) is 0 Å². The maximum atomic E-state index is 12.3. The monoisotopic (exact) mass is 330 g/mol. The van der Waals surface area contributed by atoms with E-state index in [2.05, 4.69) is 16.7 Å². The van der Waals surface area contributed by atoms with Gasteiger partial charge >= 0.3 is 0 Å². The van der Waals surface area contributed by atoms with Crippen LogP contribution in [0.5, 0.6) is 0 Å². The Morgan fingerprint density at radius 1 is 0.917 bits per heavy atom. The minimum atomic E-state index is 0.294. The first-order valence-corrected chi connectivity index (χ1v) is 9.74. The van der Waals surface area contributed by atoms with Gasteiger partial charge in [0.25, 0.3) is 0 Å². The number of carbonyl (C=O) groups excluding carboxylic acids is 1. The second-order valence-corrected chi connectivity index (χ2v) is 7.09. The summed E-state index contributed by atoms with van der Waals surface area (Å²) in [5, 5.41) is 0. The van der Waals surface area contributed by atoms with Crippen molar-refractivity contribution in [2.75, 3.05) is 39.3 Å². The van der Waals surface area contributed by atoms with E-state index in [1.54, 1.807) is 0 Å². The van der Waals surface area contributed by atoms with E-state index in [9.17, 15) is 4.79 Å². The van der Waals surface area contributed by atoms with Gasteiger partial charge in [0.1, 0.15) is 0 Å². The summed E-state index contributed by atoms with van der Waals surface area (Å²) in [7, 11) is 0.